The first-order chi connectivity index (χ1) is 6.70. The number of aliphatic carboxylic acids is 1. The predicted molar refractivity (Wildman–Crippen MR) is 55.5 cm³/mol. The molecule has 0 bridgehead atoms. The summed E-state index contributed by atoms with van der Waals surface area (Å²) in [4.78, 5) is 9.60. The largest absolute Gasteiger partial charge is 0.497 e. The van der Waals surface area contributed by atoms with Crippen LogP contribution in [0.1, 0.15) is 19.8 Å². The number of rotatable bonds is 3. The minimum absolute atomic E-state index is 0.292. The van der Waals surface area contributed by atoms with E-state index in [0.717, 1.165) is 12.2 Å². The maximum absolute atomic E-state index is 9.60. The smallest absolute Gasteiger partial charge is 0.303 e. The third-order valence-electron chi connectivity index (χ3n) is 1.44. The normalized spacial score (nSPS) is 8.43. The molecule has 14 heavy (non-hydrogen) atoms. The highest BCUT2D eigenvalue weighted by molar-refractivity contribution is 5.66. The van der Waals surface area contributed by atoms with E-state index in [1.165, 1.54) is 0 Å². The van der Waals surface area contributed by atoms with E-state index in [2.05, 4.69) is 0 Å². The lowest BCUT2D eigenvalue weighted by Crippen LogP contribution is -1.90. The van der Waals surface area contributed by atoms with E-state index < -0.39 is 5.97 Å². The Balaban J connectivity index is 0.000000255. The Morgan fingerprint density at radius 3 is 2.14 bits per heavy atom. The summed E-state index contributed by atoms with van der Waals surface area (Å²) in [6.45, 7) is 1.84. The van der Waals surface area contributed by atoms with Crippen LogP contribution in [0.2, 0.25) is 0 Å². The minimum atomic E-state index is -0.711. The van der Waals surface area contributed by atoms with Gasteiger partial charge in [0, 0.05) is 6.42 Å². The molecule has 0 saturated heterocycles. The molecular formula is C11H16O3. The molecule has 0 radical (unpaired) electrons. The number of methoxy groups -OCH3 is 1. The molecule has 0 aliphatic carbocycles. The van der Waals surface area contributed by atoms with Gasteiger partial charge >= 0.3 is 5.97 Å². The van der Waals surface area contributed by atoms with Gasteiger partial charge in [-0.05, 0) is 18.6 Å². The molecule has 0 unspecified atom stereocenters. The quantitative estimate of drug-likeness (QED) is 0.808. The number of carbonyl (C=O) groups is 1. The van der Waals surface area contributed by atoms with Gasteiger partial charge in [-0.2, -0.15) is 0 Å². The molecular weight excluding hydrogens is 180 g/mol. The van der Waals surface area contributed by atoms with Crippen LogP contribution in [0.5, 0.6) is 5.75 Å². The second-order valence-corrected chi connectivity index (χ2v) is 2.66. The van der Waals surface area contributed by atoms with E-state index in [-0.39, 0.29) is 0 Å². The summed E-state index contributed by atoms with van der Waals surface area (Å²) in [5.41, 5.74) is 0. The van der Waals surface area contributed by atoms with Gasteiger partial charge in [0.25, 0.3) is 0 Å². The highest BCUT2D eigenvalue weighted by Gasteiger charge is 1.87. The zero-order valence-electron chi connectivity index (χ0n) is 8.56. The van der Waals surface area contributed by atoms with Crippen molar-refractivity contribution in [1.29, 1.82) is 0 Å². The molecule has 78 valence electrons. The van der Waals surface area contributed by atoms with Gasteiger partial charge in [0.05, 0.1) is 7.11 Å². The van der Waals surface area contributed by atoms with Crippen LogP contribution in [-0.4, -0.2) is 18.2 Å². The van der Waals surface area contributed by atoms with Crippen molar-refractivity contribution in [2.45, 2.75) is 19.8 Å². The van der Waals surface area contributed by atoms with Crippen molar-refractivity contribution in [3.63, 3.8) is 0 Å². The molecule has 0 spiro atoms. The summed E-state index contributed by atoms with van der Waals surface area (Å²) in [6.07, 6.45) is 1.02. The van der Waals surface area contributed by atoms with E-state index in [1.807, 2.05) is 37.3 Å². The SMILES string of the molecule is CCCC(=O)O.COc1ccccc1. The predicted octanol–water partition coefficient (Wildman–Crippen LogP) is 2.57. The maximum atomic E-state index is 9.60. The molecule has 0 heterocycles. The monoisotopic (exact) mass is 196 g/mol. The third kappa shape index (κ3) is 7.16. The third-order valence-corrected chi connectivity index (χ3v) is 1.44. The van der Waals surface area contributed by atoms with E-state index in [4.69, 9.17) is 9.84 Å². The Morgan fingerprint density at radius 1 is 1.36 bits per heavy atom. The second kappa shape index (κ2) is 8.10. The van der Waals surface area contributed by atoms with Crippen LogP contribution in [0.4, 0.5) is 0 Å². The van der Waals surface area contributed by atoms with Crippen molar-refractivity contribution in [2.24, 2.45) is 0 Å². The Bertz CT molecular complexity index is 244. The fourth-order valence-corrected chi connectivity index (χ4v) is 0.770. The average Bonchev–Trinajstić information content (AvgIpc) is 2.20. The lowest BCUT2D eigenvalue weighted by atomic mass is 10.3. The van der Waals surface area contributed by atoms with Gasteiger partial charge in [-0.15, -0.1) is 0 Å². The molecule has 0 fully saturated rings. The average molecular weight is 196 g/mol. The Labute approximate surface area is 84.3 Å². The van der Waals surface area contributed by atoms with Crippen LogP contribution in [0.15, 0.2) is 30.3 Å². The van der Waals surface area contributed by atoms with Crippen molar-refractivity contribution in [2.75, 3.05) is 7.11 Å². The molecule has 1 aromatic rings. The first kappa shape index (κ1) is 12.5. The Kier molecular flexibility index (Phi) is 7.23. The fourth-order valence-electron chi connectivity index (χ4n) is 0.770. The number of para-hydroxylation sites is 1. The summed E-state index contributed by atoms with van der Waals surface area (Å²) in [6, 6.07) is 9.68. The van der Waals surface area contributed by atoms with Gasteiger partial charge in [0.2, 0.25) is 0 Å². The number of carboxylic acids is 1. The second-order valence-electron chi connectivity index (χ2n) is 2.66. The molecule has 0 aliphatic heterocycles. The van der Waals surface area contributed by atoms with Gasteiger partial charge < -0.3 is 9.84 Å². The van der Waals surface area contributed by atoms with Crippen molar-refractivity contribution < 1.29 is 14.6 Å². The van der Waals surface area contributed by atoms with Crippen LogP contribution >= 0.6 is 0 Å². The highest BCUT2D eigenvalue weighted by Crippen LogP contribution is 2.05. The maximum Gasteiger partial charge on any atom is 0.303 e. The Morgan fingerprint density at radius 2 is 1.93 bits per heavy atom. The molecule has 3 nitrogen and oxygen atoms in total. The van der Waals surface area contributed by atoms with Gasteiger partial charge in [0.1, 0.15) is 5.75 Å². The number of hydrogen-bond donors (Lipinski definition) is 1. The lowest BCUT2D eigenvalue weighted by Gasteiger charge is -1.93. The van der Waals surface area contributed by atoms with Crippen molar-refractivity contribution in [3.05, 3.63) is 30.3 Å². The van der Waals surface area contributed by atoms with Gasteiger partial charge in [-0.25, -0.2) is 0 Å². The molecule has 1 aromatic carbocycles. The Hall–Kier alpha value is -1.51. The van der Waals surface area contributed by atoms with Crippen molar-refractivity contribution >= 4 is 5.97 Å². The highest BCUT2D eigenvalue weighted by atomic mass is 16.5. The van der Waals surface area contributed by atoms with Crippen LogP contribution in [-0.2, 0) is 4.79 Å². The van der Waals surface area contributed by atoms with E-state index in [1.54, 1.807) is 7.11 Å². The summed E-state index contributed by atoms with van der Waals surface area (Å²) < 4.78 is 4.91. The molecule has 0 aromatic heterocycles. The van der Waals surface area contributed by atoms with Gasteiger partial charge in [-0.1, -0.05) is 25.1 Å². The van der Waals surface area contributed by atoms with Crippen molar-refractivity contribution in [3.8, 4) is 5.75 Å². The zero-order valence-corrected chi connectivity index (χ0v) is 8.56. The van der Waals surface area contributed by atoms with E-state index >= 15 is 0 Å². The molecule has 0 aliphatic rings. The van der Waals surface area contributed by atoms with E-state index in [9.17, 15) is 4.79 Å². The molecule has 1 N–H and O–H groups in total. The van der Waals surface area contributed by atoms with Gasteiger partial charge in [-0.3, -0.25) is 4.79 Å². The number of benzene rings is 1. The van der Waals surface area contributed by atoms with Crippen LogP contribution in [0, 0.1) is 0 Å². The topological polar surface area (TPSA) is 46.5 Å². The number of ether oxygens (including phenoxy) is 1. The van der Waals surface area contributed by atoms with Gasteiger partial charge in [0.15, 0.2) is 0 Å². The molecule has 1 rings (SSSR count). The molecule has 0 saturated carbocycles. The number of hydrogen-bond acceptors (Lipinski definition) is 2. The van der Waals surface area contributed by atoms with Crippen molar-refractivity contribution in [1.82, 2.24) is 0 Å². The summed E-state index contributed by atoms with van der Waals surface area (Å²) in [7, 11) is 1.66. The van der Waals surface area contributed by atoms with E-state index in [0.29, 0.717) is 6.42 Å². The van der Waals surface area contributed by atoms with Crippen LogP contribution in [0.25, 0.3) is 0 Å². The first-order valence-electron chi connectivity index (χ1n) is 4.51. The number of carboxylic acid groups (broad SMARTS) is 1. The molecule has 0 amide bonds. The van der Waals surface area contributed by atoms with Crippen LogP contribution in [0.3, 0.4) is 0 Å². The first-order valence-corrected chi connectivity index (χ1v) is 4.51. The van der Waals surface area contributed by atoms with Crippen LogP contribution < -0.4 is 4.74 Å². The fraction of sp³-hybridized carbons (Fsp3) is 0.364. The summed E-state index contributed by atoms with van der Waals surface area (Å²) >= 11 is 0. The minimum Gasteiger partial charge on any atom is -0.497 e. The zero-order chi connectivity index (χ0) is 10.8. The molecule has 3 heteroatoms. The summed E-state index contributed by atoms with van der Waals surface area (Å²) in [5.74, 6) is 0.199. The molecule has 0 atom stereocenters. The lowest BCUT2D eigenvalue weighted by molar-refractivity contribution is -0.137. The summed E-state index contributed by atoms with van der Waals surface area (Å²) in [5, 5.41) is 7.91. The standard InChI is InChI=1S/C7H8O.C4H8O2/c1-8-7-5-3-2-4-6-7;1-2-3-4(5)6/h2-6H,1H3;2-3H2,1H3,(H,5,6).